The van der Waals surface area contributed by atoms with Gasteiger partial charge < -0.3 is 18.9 Å². The second kappa shape index (κ2) is 6.75. The number of hydrogen-bond donors (Lipinski definition) is 0. The molecule has 154 valence electrons. The number of rotatable bonds is 3. The third-order valence-electron chi connectivity index (χ3n) is 5.03. The number of anilines is 1. The van der Waals surface area contributed by atoms with E-state index in [-0.39, 0.29) is 42.3 Å². The summed E-state index contributed by atoms with van der Waals surface area (Å²) in [5, 5.41) is 3.80. The molecule has 2 aromatic carbocycles. The Labute approximate surface area is 168 Å². The summed E-state index contributed by atoms with van der Waals surface area (Å²) in [4.78, 5) is 18.4. The Morgan fingerprint density at radius 1 is 1.07 bits per heavy atom. The van der Waals surface area contributed by atoms with Crippen molar-refractivity contribution in [3.05, 3.63) is 53.9 Å². The van der Waals surface area contributed by atoms with E-state index in [9.17, 15) is 18.0 Å². The van der Waals surface area contributed by atoms with E-state index in [0.717, 1.165) is 12.1 Å². The van der Waals surface area contributed by atoms with Gasteiger partial charge in [-0.25, -0.2) is 0 Å². The van der Waals surface area contributed by atoms with Gasteiger partial charge in [-0.2, -0.15) is 18.2 Å². The topological polar surface area (TPSA) is 77.7 Å². The molecule has 0 spiro atoms. The molecule has 1 saturated heterocycles. The molecule has 3 aromatic rings. The number of hydrogen-bond acceptors (Lipinski definition) is 6. The van der Waals surface area contributed by atoms with E-state index in [1.165, 1.54) is 12.1 Å². The molecule has 3 heterocycles. The van der Waals surface area contributed by atoms with Gasteiger partial charge in [-0.1, -0.05) is 17.3 Å². The van der Waals surface area contributed by atoms with Crippen LogP contribution in [0.2, 0.25) is 0 Å². The minimum absolute atomic E-state index is 0.0464. The van der Waals surface area contributed by atoms with E-state index < -0.39 is 11.7 Å². The lowest BCUT2D eigenvalue weighted by atomic mass is 10.1. The van der Waals surface area contributed by atoms with Crippen molar-refractivity contribution in [3.8, 4) is 22.9 Å². The van der Waals surface area contributed by atoms with Crippen LogP contribution in [0.1, 0.15) is 23.8 Å². The summed E-state index contributed by atoms with van der Waals surface area (Å²) in [6.45, 7) is 0.443. The molecule has 0 saturated carbocycles. The third kappa shape index (κ3) is 3.23. The van der Waals surface area contributed by atoms with E-state index in [1.807, 2.05) is 0 Å². The lowest BCUT2D eigenvalue weighted by molar-refractivity contribution is -0.137. The van der Waals surface area contributed by atoms with E-state index in [0.29, 0.717) is 23.7 Å². The van der Waals surface area contributed by atoms with Gasteiger partial charge in [-0.3, -0.25) is 4.79 Å². The molecule has 0 radical (unpaired) electrons. The quantitative estimate of drug-likeness (QED) is 0.641. The second-order valence-corrected chi connectivity index (χ2v) is 6.98. The first-order valence-electron chi connectivity index (χ1n) is 9.10. The minimum Gasteiger partial charge on any atom is -0.454 e. The van der Waals surface area contributed by atoms with E-state index in [2.05, 4.69) is 10.1 Å². The molecular formula is C20H14F3N3O4. The zero-order valence-electron chi connectivity index (χ0n) is 15.3. The Balaban J connectivity index is 1.37. The largest absolute Gasteiger partial charge is 0.454 e. The Kier molecular flexibility index (Phi) is 4.16. The predicted octanol–water partition coefficient (Wildman–Crippen LogP) is 4.00. The molecule has 1 amide bonds. The highest BCUT2D eigenvalue weighted by molar-refractivity contribution is 5.96. The predicted molar refractivity (Wildman–Crippen MR) is 97.0 cm³/mol. The van der Waals surface area contributed by atoms with Crippen LogP contribution in [0.5, 0.6) is 11.5 Å². The number of fused-ring (bicyclic) bond motifs is 1. The molecule has 0 N–H and O–H groups in total. The minimum atomic E-state index is -4.47. The number of ether oxygens (including phenoxy) is 2. The molecule has 0 unspecified atom stereocenters. The van der Waals surface area contributed by atoms with Gasteiger partial charge >= 0.3 is 6.18 Å². The summed E-state index contributed by atoms with van der Waals surface area (Å²) in [6, 6.07) is 9.92. The fourth-order valence-electron chi connectivity index (χ4n) is 3.53. The SMILES string of the molecule is O=C1C[C@H](c2nc(-c3cccc(C(F)(F)F)c3)no2)CN1c1ccc2c(c1)OCO2. The van der Waals surface area contributed by atoms with Crippen molar-refractivity contribution in [1.82, 2.24) is 10.1 Å². The number of nitrogens with zero attached hydrogens (tertiary/aromatic N) is 3. The van der Waals surface area contributed by atoms with Crippen molar-refractivity contribution >= 4 is 11.6 Å². The van der Waals surface area contributed by atoms with Crippen LogP contribution in [-0.2, 0) is 11.0 Å². The molecule has 2 aliphatic rings. The normalized spacial score (nSPS) is 18.3. The average molecular weight is 417 g/mol. The fourth-order valence-corrected chi connectivity index (χ4v) is 3.53. The molecule has 1 fully saturated rings. The highest BCUT2D eigenvalue weighted by Crippen LogP contribution is 2.39. The number of benzene rings is 2. The van der Waals surface area contributed by atoms with Gasteiger partial charge in [0.1, 0.15) is 0 Å². The lowest BCUT2D eigenvalue weighted by Gasteiger charge is -2.16. The van der Waals surface area contributed by atoms with Gasteiger partial charge in [0.25, 0.3) is 0 Å². The van der Waals surface area contributed by atoms with Crippen LogP contribution in [-0.4, -0.2) is 29.4 Å². The molecule has 2 aliphatic heterocycles. The van der Waals surface area contributed by atoms with Crippen LogP contribution in [0.25, 0.3) is 11.4 Å². The Hall–Kier alpha value is -3.56. The first-order valence-corrected chi connectivity index (χ1v) is 9.10. The number of halogens is 3. The van der Waals surface area contributed by atoms with E-state index in [1.54, 1.807) is 23.1 Å². The number of carbonyl (C=O) groups excluding carboxylic acids is 1. The van der Waals surface area contributed by atoms with Crippen LogP contribution < -0.4 is 14.4 Å². The van der Waals surface area contributed by atoms with E-state index in [4.69, 9.17) is 14.0 Å². The highest BCUT2D eigenvalue weighted by Gasteiger charge is 2.36. The van der Waals surface area contributed by atoms with Gasteiger partial charge in [0.15, 0.2) is 11.5 Å². The summed E-state index contributed by atoms with van der Waals surface area (Å²) in [5.74, 6) is 0.940. The molecule has 5 rings (SSSR count). The Morgan fingerprint density at radius 3 is 2.73 bits per heavy atom. The summed E-state index contributed by atoms with van der Waals surface area (Å²) in [5.41, 5.74) is 0.0533. The first kappa shape index (κ1) is 18.5. The highest BCUT2D eigenvalue weighted by atomic mass is 19.4. The second-order valence-electron chi connectivity index (χ2n) is 6.98. The van der Waals surface area contributed by atoms with Crippen molar-refractivity contribution in [2.45, 2.75) is 18.5 Å². The molecule has 30 heavy (non-hydrogen) atoms. The van der Waals surface area contributed by atoms with Crippen LogP contribution >= 0.6 is 0 Å². The number of amides is 1. The molecular weight excluding hydrogens is 403 g/mol. The Morgan fingerprint density at radius 2 is 1.90 bits per heavy atom. The van der Waals surface area contributed by atoms with Gasteiger partial charge in [0, 0.05) is 30.3 Å². The Bertz CT molecular complexity index is 1130. The lowest BCUT2D eigenvalue weighted by Crippen LogP contribution is -2.24. The first-order chi connectivity index (χ1) is 14.4. The van der Waals surface area contributed by atoms with Crippen LogP contribution in [0, 0.1) is 0 Å². The zero-order chi connectivity index (χ0) is 20.9. The van der Waals surface area contributed by atoms with Gasteiger partial charge in [-0.15, -0.1) is 0 Å². The monoisotopic (exact) mass is 417 g/mol. The van der Waals surface area contributed by atoms with Gasteiger partial charge in [0.2, 0.25) is 24.4 Å². The van der Waals surface area contributed by atoms with Gasteiger partial charge in [0.05, 0.1) is 11.5 Å². The van der Waals surface area contributed by atoms with Crippen LogP contribution in [0.3, 0.4) is 0 Å². The smallest absolute Gasteiger partial charge is 0.416 e. The van der Waals surface area contributed by atoms with Crippen molar-refractivity contribution in [2.24, 2.45) is 0 Å². The van der Waals surface area contributed by atoms with Crippen molar-refractivity contribution in [1.29, 1.82) is 0 Å². The standard InChI is InChI=1S/C20H14F3N3O4/c21-20(22,23)13-3-1-2-11(6-13)18-24-19(30-25-18)12-7-17(27)26(9-12)14-4-5-15-16(8-14)29-10-28-15/h1-6,8,12H,7,9-10H2/t12-/m0/s1. The maximum Gasteiger partial charge on any atom is 0.416 e. The molecule has 10 heteroatoms. The van der Waals surface area contributed by atoms with Crippen molar-refractivity contribution in [3.63, 3.8) is 0 Å². The maximum absolute atomic E-state index is 12.9. The molecule has 0 aliphatic carbocycles. The maximum atomic E-state index is 12.9. The van der Waals surface area contributed by atoms with Crippen molar-refractivity contribution in [2.75, 3.05) is 18.2 Å². The van der Waals surface area contributed by atoms with Crippen LogP contribution in [0.4, 0.5) is 18.9 Å². The molecule has 0 bridgehead atoms. The fraction of sp³-hybridized carbons (Fsp3) is 0.250. The van der Waals surface area contributed by atoms with Gasteiger partial charge in [-0.05, 0) is 24.3 Å². The summed E-state index contributed by atoms with van der Waals surface area (Å²) < 4.78 is 54.7. The summed E-state index contributed by atoms with van der Waals surface area (Å²) in [7, 11) is 0. The molecule has 7 nitrogen and oxygen atoms in total. The summed E-state index contributed by atoms with van der Waals surface area (Å²) in [6.07, 6.45) is -4.32. The third-order valence-corrected chi connectivity index (χ3v) is 5.03. The van der Waals surface area contributed by atoms with Crippen molar-refractivity contribution < 1.29 is 32.0 Å². The zero-order valence-corrected chi connectivity index (χ0v) is 15.3. The molecule has 1 aromatic heterocycles. The summed E-state index contributed by atoms with van der Waals surface area (Å²) >= 11 is 0. The van der Waals surface area contributed by atoms with E-state index >= 15 is 0 Å². The molecule has 1 atom stereocenters. The average Bonchev–Trinajstić information content (AvgIpc) is 3.46. The number of carbonyl (C=O) groups is 1. The number of alkyl halides is 3. The van der Waals surface area contributed by atoms with Crippen LogP contribution in [0.15, 0.2) is 47.0 Å². The number of aromatic nitrogens is 2.